The van der Waals surface area contributed by atoms with Gasteiger partial charge in [-0.05, 0) is 98.5 Å². The van der Waals surface area contributed by atoms with Gasteiger partial charge < -0.3 is 70.7 Å². The molecule has 0 fully saturated rings. The number of para-hydroxylation sites is 1. The second kappa shape index (κ2) is 46.3. The van der Waals surface area contributed by atoms with E-state index >= 15 is 0 Å². The number of ketones is 4. The molecular weight excluding hydrogens is 1430 g/mol. The van der Waals surface area contributed by atoms with Crippen molar-refractivity contribution in [1.29, 1.82) is 27.0 Å². The number of benzene rings is 6. The number of hydrogen-bond acceptors (Lipinski definition) is 22. The number of Topliss-reactive ketones (excluding diaryl/α,β-unsaturated/α-hetero) is 4. The maximum absolute atomic E-state index is 13.4. The van der Waals surface area contributed by atoms with Crippen LogP contribution in [0.3, 0.4) is 0 Å². The van der Waals surface area contributed by atoms with Crippen LogP contribution in [-0.2, 0) is 88.8 Å². The lowest BCUT2D eigenvalue weighted by molar-refractivity contribution is -0.134. The van der Waals surface area contributed by atoms with Gasteiger partial charge in [-0.1, -0.05) is 152 Å². The summed E-state index contributed by atoms with van der Waals surface area (Å²) in [4.78, 5) is 76.8. The molecule has 0 aliphatic heterocycles. The number of aromatic nitrogens is 3. The van der Waals surface area contributed by atoms with Crippen LogP contribution in [0, 0.1) is 38.9 Å². The first-order chi connectivity index (χ1) is 49.4. The van der Waals surface area contributed by atoms with Crippen molar-refractivity contribution in [2.24, 2.45) is 62.7 Å². The van der Waals surface area contributed by atoms with Gasteiger partial charge >= 0.3 is 5.97 Å². The Morgan fingerprint density at radius 1 is 0.547 bits per heavy atom. The Balaban J connectivity index is 0.000000718. The Labute approximate surface area is 617 Å². The summed E-state index contributed by atoms with van der Waals surface area (Å²) in [5, 5.41) is 55.3. The first-order valence-corrected chi connectivity index (χ1v) is 37.3. The molecule has 0 unspecified atom stereocenters. The Bertz CT molecular complexity index is 4370. The van der Waals surface area contributed by atoms with Crippen LogP contribution < -0.4 is 60.7 Å². The molecule has 0 aliphatic rings. The molecule has 0 bridgehead atoms. The third-order valence-corrected chi connectivity index (χ3v) is 18.0. The molecule has 7 aromatic rings. The summed E-state index contributed by atoms with van der Waals surface area (Å²) in [5.74, 6) is -5.86. The average Bonchev–Trinajstić information content (AvgIpc) is 1.61. The first kappa shape index (κ1) is 92.5. The van der Waals surface area contributed by atoms with Crippen LogP contribution in [0.5, 0.6) is 0 Å². The number of amides is 1. The molecule has 574 valence electrons. The molecule has 106 heavy (non-hydrogen) atoms. The minimum absolute atomic E-state index is 0.0637. The number of nitrogens with zero attached hydrogens (tertiary/aromatic N) is 4. The van der Waals surface area contributed by atoms with Crippen molar-refractivity contribution in [1.82, 2.24) is 25.2 Å². The lowest BCUT2D eigenvalue weighted by Gasteiger charge is -2.24. The van der Waals surface area contributed by atoms with Crippen LogP contribution in [-0.4, -0.2) is 147 Å². The fourth-order valence-electron chi connectivity index (χ4n) is 8.66. The number of carboxylic acid groups (broad SMARTS) is 1. The van der Waals surface area contributed by atoms with E-state index in [2.05, 4.69) is 25.3 Å². The highest BCUT2D eigenvalue weighted by Gasteiger charge is 2.31. The fraction of sp³-hybridized carbons (Fsp3) is 0.314. The maximum atomic E-state index is 13.4. The van der Waals surface area contributed by atoms with Crippen molar-refractivity contribution in [3.8, 4) is 0 Å². The van der Waals surface area contributed by atoms with E-state index < -0.39 is 64.9 Å². The number of guanidine groups is 1. The summed E-state index contributed by atoms with van der Waals surface area (Å²) in [6.07, 6.45) is 0.554. The fourth-order valence-corrected chi connectivity index (χ4v) is 12.8. The number of aliphatic imine (C=N–C) groups is 1. The molecule has 36 heteroatoms. The summed E-state index contributed by atoms with van der Waals surface area (Å²) in [5.41, 5.74) is 50.8. The molecule has 2 atom stereocenters. The SMILES string of the molecule is CC(=O)CS(=O)(=O)Cc1ccc(C(=N)N)cc1.CC(C)=O.CC(C)=O.CC(C)[C@H](NS(=O)(=O)Cc1ccc(C(=N)N)cc1)C(=O)C[C@@H](CCCN=C(N)N)C(=O)NCc1ccc(C(=N)N)cc1.COn1nnc2ccccc21.N=C(N)c1ccc(CN)cc1.N=C(N)c1ccc(CS(=O)(=O)CC(=O)O)cc1. The number of hydrogen-bond donors (Lipinski definition) is 16. The maximum Gasteiger partial charge on any atom is 0.318 e. The summed E-state index contributed by atoms with van der Waals surface area (Å²) in [7, 11) is -9.42. The number of nitrogens with two attached hydrogens (primary N) is 8. The summed E-state index contributed by atoms with van der Waals surface area (Å²) >= 11 is 0. The number of nitrogens with one attached hydrogen (secondary N) is 7. The van der Waals surface area contributed by atoms with Gasteiger partial charge in [-0.25, -0.2) is 30.0 Å². The van der Waals surface area contributed by atoms with Crippen molar-refractivity contribution >= 4 is 111 Å². The zero-order chi connectivity index (χ0) is 80.7. The number of rotatable bonds is 30. The molecule has 0 aliphatic carbocycles. The number of sulfone groups is 2. The number of fused-ring (bicyclic) bond motifs is 1. The molecule has 1 amide bonds. The molecular formula is C70H97N19O14S3. The van der Waals surface area contributed by atoms with Crippen LogP contribution >= 0.6 is 0 Å². The number of aliphatic carboxylic acids is 1. The zero-order valence-electron chi connectivity index (χ0n) is 60.3. The van der Waals surface area contributed by atoms with Gasteiger partial charge in [-0.15, -0.1) is 5.10 Å². The van der Waals surface area contributed by atoms with Gasteiger partial charge in [0.1, 0.15) is 76.2 Å². The van der Waals surface area contributed by atoms with Gasteiger partial charge in [0.25, 0.3) is 0 Å². The molecule has 0 saturated heterocycles. The van der Waals surface area contributed by atoms with Crippen LogP contribution in [0.2, 0.25) is 0 Å². The van der Waals surface area contributed by atoms with Gasteiger partial charge in [-0.3, -0.25) is 51.2 Å². The van der Waals surface area contributed by atoms with Crippen LogP contribution in [0.25, 0.3) is 11.0 Å². The second-order valence-corrected chi connectivity index (χ2v) is 29.9. The number of carbonyl (C=O) groups is 6. The standard InChI is InChI=1S/C28H41N9O4S.C11H14N2O3S.C10H12N2O4S.C8H11N3.C7H7N3O.2C3H6O/c1-17(2)24(37-42(40,41)16-19-7-11-21(12-8-19)26(31)32)23(38)14-22(4-3-13-35-28(33)34)27(39)36-15-18-5-9-20(10-6-18)25(29)30;1-8(14)6-17(15,16)7-9-2-4-10(5-3-9)11(12)13;11-10(12)8-3-1-7(2-4-8)5-17(15,16)6-9(13)14;9-5-6-1-3-7(4-2-6)8(10)11;1-11-10-7-5-3-2-4-6(7)8-9-10;2*1-3(2)4/h5-12,17,22,24,37H,3-4,13-16H2,1-2H3,(H3,29,30)(H3,31,32)(H,36,39)(H4,33,34,35);2-5H,6-7H2,1H3,(H3,12,13);1-4H,5-6H2,(H3,11,12)(H,13,14);1-4H,5,9H2,(H3,10,11);2-5H,1H3;2*1-2H3/t22-,24+;;;;;;/m1....../s1. The topological polar surface area (TPSA) is 629 Å². The van der Waals surface area contributed by atoms with Crippen LogP contribution in [0.4, 0.5) is 0 Å². The van der Waals surface area contributed by atoms with Crippen molar-refractivity contribution < 1.29 is 64.0 Å². The minimum Gasteiger partial charge on any atom is -0.480 e. The highest BCUT2D eigenvalue weighted by Crippen LogP contribution is 2.20. The van der Waals surface area contributed by atoms with Gasteiger partial charge in [0, 0.05) is 59.8 Å². The summed E-state index contributed by atoms with van der Waals surface area (Å²) in [6.45, 7) is 11.8. The first-order valence-electron chi connectivity index (χ1n) is 32.0. The normalized spacial score (nSPS) is 11.2. The number of carboxylic acids is 1. The predicted octanol–water partition coefficient (Wildman–Crippen LogP) is 3.20. The third kappa shape index (κ3) is 39.3. The van der Waals surface area contributed by atoms with E-state index in [1.165, 1.54) is 63.7 Å². The summed E-state index contributed by atoms with van der Waals surface area (Å²) in [6, 6.07) is 39.4. The van der Waals surface area contributed by atoms with E-state index in [1.807, 2.05) is 36.4 Å². The molecule has 0 spiro atoms. The van der Waals surface area contributed by atoms with Gasteiger partial charge in [0.2, 0.25) is 15.9 Å². The lowest BCUT2D eigenvalue weighted by Crippen LogP contribution is -2.46. The van der Waals surface area contributed by atoms with Crippen molar-refractivity contribution in [2.45, 2.75) is 104 Å². The van der Waals surface area contributed by atoms with Crippen molar-refractivity contribution in [2.75, 3.05) is 25.2 Å². The van der Waals surface area contributed by atoms with E-state index in [0.29, 0.717) is 58.3 Å². The largest absolute Gasteiger partial charge is 0.480 e. The van der Waals surface area contributed by atoms with E-state index in [0.717, 1.165) is 27.7 Å². The highest BCUT2D eigenvalue weighted by molar-refractivity contribution is 7.91. The van der Waals surface area contributed by atoms with Crippen molar-refractivity contribution in [3.63, 3.8) is 0 Å². The molecule has 0 saturated carbocycles. The predicted molar refractivity (Wildman–Crippen MR) is 410 cm³/mol. The molecule has 1 heterocycles. The van der Waals surface area contributed by atoms with Gasteiger partial charge in [-0.2, -0.15) is 0 Å². The Morgan fingerprint density at radius 2 is 0.915 bits per heavy atom. The zero-order valence-corrected chi connectivity index (χ0v) is 62.7. The molecule has 6 aromatic carbocycles. The van der Waals surface area contributed by atoms with E-state index in [1.54, 1.807) is 106 Å². The van der Waals surface area contributed by atoms with Crippen molar-refractivity contribution in [3.05, 3.63) is 201 Å². The number of amidine groups is 5. The molecule has 0 radical (unpaired) electrons. The Morgan fingerprint density at radius 3 is 1.26 bits per heavy atom. The van der Waals surface area contributed by atoms with Gasteiger partial charge in [0.15, 0.2) is 31.4 Å². The van der Waals surface area contributed by atoms with E-state index in [4.69, 9.17) is 82.9 Å². The lowest BCUT2D eigenvalue weighted by atomic mass is 9.90. The van der Waals surface area contributed by atoms with Crippen LogP contribution in [0.1, 0.15) is 123 Å². The molecule has 7 rings (SSSR count). The molecule has 24 N–H and O–H groups in total. The highest BCUT2D eigenvalue weighted by atomic mass is 32.2. The number of sulfonamides is 1. The third-order valence-electron chi connectivity index (χ3n) is 13.6. The Kier molecular flexibility index (Phi) is 40.4. The summed E-state index contributed by atoms with van der Waals surface area (Å²) < 4.78 is 74.3. The number of carbonyl (C=O) groups excluding carboxylic acids is 5. The monoisotopic (exact) mass is 1520 g/mol. The molecule has 1 aromatic heterocycles. The average molecular weight is 1520 g/mol. The minimum atomic E-state index is -3.93. The molecule has 33 nitrogen and oxygen atoms in total. The van der Waals surface area contributed by atoms with E-state index in [-0.39, 0.29) is 101 Å². The smallest absolute Gasteiger partial charge is 0.318 e. The Hall–Kier alpha value is -11.5. The van der Waals surface area contributed by atoms with E-state index in [9.17, 15) is 54.0 Å². The van der Waals surface area contributed by atoms with Crippen LogP contribution in [0.15, 0.2) is 151 Å². The second-order valence-electron chi connectivity index (χ2n) is 24.0. The van der Waals surface area contributed by atoms with Gasteiger partial charge in [0.05, 0.1) is 23.3 Å². The number of nitrogen functional groups attached to an aromatic ring is 5. The quantitative estimate of drug-likeness (QED) is 0.0175.